The SMILES string of the molecule is C=C1CC(=O)C(C)=C(NC(C)=NC2CCCCC2)C1C.CC.CC.CCc1ccc(C)cc1. The van der Waals surface area contributed by atoms with Crippen LogP contribution in [0.4, 0.5) is 0 Å². The van der Waals surface area contributed by atoms with E-state index >= 15 is 0 Å². The van der Waals surface area contributed by atoms with E-state index in [1.54, 1.807) is 0 Å². The molecule has 3 heteroatoms. The molecule has 186 valence electrons. The molecule has 1 saturated carbocycles. The van der Waals surface area contributed by atoms with Crippen LogP contribution in [-0.4, -0.2) is 17.7 Å². The number of Topliss-reactive ketones (excluding diaryl/α,β-unsaturated/α-hetero) is 1. The zero-order valence-corrected chi connectivity index (χ0v) is 23.0. The molecule has 1 N–H and O–H groups in total. The van der Waals surface area contributed by atoms with E-state index in [2.05, 4.69) is 56.9 Å². The number of nitrogens with one attached hydrogen (secondary N) is 1. The van der Waals surface area contributed by atoms with Crippen LogP contribution in [-0.2, 0) is 11.2 Å². The van der Waals surface area contributed by atoms with Crippen molar-refractivity contribution in [3.05, 3.63) is 58.8 Å². The average molecular weight is 455 g/mol. The number of carbonyl (C=O) groups is 1. The van der Waals surface area contributed by atoms with Crippen molar-refractivity contribution in [2.24, 2.45) is 10.9 Å². The molecule has 1 aromatic carbocycles. The molecule has 0 saturated heterocycles. The minimum absolute atomic E-state index is 0.182. The summed E-state index contributed by atoms with van der Waals surface area (Å²) in [6.45, 7) is 22.3. The van der Waals surface area contributed by atoms with Gasteiger partial charge in [0, 0.05) is 23.6 Å². The molecule has 33 heavy (non-hydrogen) atoms. The number of amidine groups is 1. The maximum Gasteiger partial charge on any atom is 0.164 e. The smallest absolute Gasteiger partial charge is 0.164 e. The molecule has 1 aromatic rings. The van der Waals surface area contributed by atoms with Crippen LogP contribution < -0.4 is 5.32 Å². The van der Waals surface area contributed by atoms with Crippen molar-refractivity contribution in [2.75, 3.05) is 0 Å². The molecular weight excluding hydrogens is 404 g/mol. The highest BCUT2D eigenvalue weighted by molar-refractivity contribution is 5.99. The van der Waals surface area contributed by atoms with Crippen molar-refractivity contribution in [2.45, 2.75) is 113 Å². The summed E-state index contributed by atoms with van der Waals surface area (Å²) in [5.41, 5.74) is 5.58. The Hall–Kier alpha value is -2.16. The quantitative estimate of drug-likeness (QED) is 0.283. The van der Waals surface area contributed by atoms with Gasteiger partial charge >= 0.3 is 0 Å². The maximum absolute atomic E-state index is 11.9. The van der Waals surface area contributed by atoms with Crippen molar-refractivity contribution < 1.29 is 4.79 Å². The lowest BCUT2D eigenvalue weighted by Crippen LogP contribution is -2.32. The first-order chi connectivity index (χ1) is 15.8. The number of hydrogen-bond acceptors (Lipinski definition) is 2. The number of carbonyl (C=O) groups excluding carboxylic acids is 1. The summed E-state index contributed by atoms with van der Waals surface area (Å²) in [6.07, 6.45) is 7.92. The van der Waals surface area contributed by atoms with E-state index in [1.807, 2.05) is 41.5 Å². The Bertz CT molecular complexity index is 765. The maximum atomic E-state index is 11.9. The highest BCUT2D eigenvalue weighted by Gasteiger charge is 2.26. The first-order valence-corrected chi connectivity index (χ1v) is 13.1. The molecule has 2 aliphatic rings. The van der Waals surface area contributed by atoms with Crippen molar-refractivity contribution in [1.82, 2.24) is 5.32 Å². The fourth-order valence-electron chi connectivity index (χ4n) is 3.91. The van der Waals surface area contributed by atoms with Crippen LogP contribution in [0, 0.1) is 12.8 Å². The van der Waals surface area contributed by atoms with Crippen molar-refractivity contribution in [3.8, 4) is 0 Å². The second-order valence-electron chi connectivity index (χ2n) is 8.49. The van der Waals surface area contributed by atoms with Crippen molar-refractivity contribution in [3.63, 3.8) is 0 Å². The van der Waals surface area contributed by atoms with Gasteiger partial charge in [0.2, 0.25) is 0 Å². The van der Waals surface area contributed by atoms with E-state index in [0.29, 0.717) is 12.5 Å². The Morgan fingerprint density at radius 1 is 1.03 bits per heavy atom. The molecule has 0 radical (unpaired) electrons. The van der Waals surface area contributed by atoms with Crippen LogP contribution in [0.5, 0.6) is 0 Å². The van der Waals surface area contributed by atoms with E-state index in [4.69, 9.17) is 4.99 Å². The Morgan fingerprint density at radius 2 is 1.58 bits per heavy atom. The number of allylic oxidation sites excluding steroid dienone is 2. The fraction of sp³-hybridized carbons (Fsp3) is 0.600. The largest absolute Gasteiger partial charge is 0.347 e. The second kappa shape index (κ2) is 17.3. The topological polar surface area (TPSA) is 41.5 Å². The number of rotatable bonds is 3. The van der Waals surface area contributed by atoms with Crippen LogP contribution in [0.15, 0.2) is 52.7 Å². The van der Waals surface area contributed by atoms with Gasteiger partial charge in [-0.15, -0.1) is 0 Å². The lowest BCUT2D eigenvalue weighted by Gasteiger charge is -2.27. The molecule has 0 aliphatic heterocycles. The van der Waals surface area contributed by atoms with E-state index in [9.17, 15) is 4.79 Å². The van der Waals surface area contributed by atoms with Crippen LogP contribution in [0.25, 0.3) is 0 Å². The van der Waals surface area contributed by atoms with Gasteiger partial charge in [0.05, 0.1) is 11.9 Å². The molecule has 2 aliphatic carbocycles. The molecule has 1 unspecified atom stereocenters. The van der Waals surface area contributed by atoms with E-state index in [-0.39, 0.29) is 11.7 Å². The first kappa shape index (κ1) is 30.8. The van der Waals surface area contributed by atoms with Gasteiger partial charge in [-0.25, -0.2) is 0 Å². The summed E-state index contributed by atoms with van der Waals surface area (Å²) in [5.74, 6) is 1.32. The Balaban J connectivity index is 0.000000658. The standard InChI is InChI=1S/C17H26N2O.C9H12.2C2H6/c1-11-10-16(20)13(3)17(12(11)2)19-14(4)18-15-8-6-5-7-9-15;1-3-9-6-4-8(2)5-7-9;2*1-2/h12,15H,1,5-10H2,2-4H3,(H,18,19);4-7H,3H2,1-2H3;2*1-2H3. The summed E-state index contributed by atoms with van der Waals surface area (Å²) in [5, 5.41) is 3.37. The summed E-state index contributed by atoms with van der Waals surface area (Å²) >= 11 is 0. The Morgan fingerprint density at radius 3 is 2.09 bits per heavy atom. The van der Waals surface area contributed by atoms with Gasteiger partial charge in [-0.05, 0) is 45.6 Å². The molecule has 3 rings (SSSR count). The number of ketones is 1. The Kier molecular flexibility index (Phi) is 16.2. The number of benzene rings is 1. The monoisotopic (exact) mass is 454 g/mol. The molecule has 1 fully saturated rings. The van der Waals surface area contributed by atoms with Crippen LogP contribution in [0.2, 0.25) is 0 Å². The molecule has 0 heterocycles. The normalized spacial score (nSPS) is 18.8. The molecule has 3 nitrogen and oxygen atoms in total. The van der Waals surface area contributed by atoms with Gasteiger partial charge in [-0.1, -0.05) is 103 Å². The predicted octanol–water partition coefficient (Wildman–Crippen LogP) is 8.38. The lowest BCUT2D eigenvalue weighted by molar-refractivity contribution is -0.115. The number of nitrogens with zero attached hydrogens (tertiary/aromatic N) is 1. The van der Waals surface area contributed by atoms with Crippen LogP contribution >= 0.6 is 0 Å². The highest BCUT2D eigenvalue weighted by atomic mass is 16.1. The molecule has 0 bridgehead atoms. The van der Waals surface area contributed by atoms with Gasteiger partial charge in [0.25, 0.3) is 0 Å². The minimum Gasteiger partial charge on any atom is -0.347 e. The summed E-state index contributed by atoms with van der Waals surface area (Å²) < 4.78 is 0. The van der Waals surface area contributed by atoms with Crippen molar-refractivity contribution in [1.29, 1.82) is 0 Å². The minimum atomic E-state index is 0.182. The van der Waals surface area contributed by atoms with Crippen molar-refractivity contribution >= 4 is 11.6 Å². The zero-order valence-electron chi connectivity index (χ0n) is 23.0. The van der Waals surface area contributed by atoms with E-state index < -0.39 is 0 Å². The molecule has 0 aromatic heterocycles. The summed E-state index contributed by atoms with van der Waals surface area (Å²) in [7, 11) is 0. The second-order valence-corrected chi connectivity index (χ2v) is 8.49. The van der Waals surface area contributed by atoms with Gasteiger partial charge in [-0.2, -0.15) is 0 Å². The zero-order chi connectivity index (χ0) is 25.4. The van der Waals surface area contributed by atoms with Gasteiger partial charge in [0.15, 0.2) is 5.78 Å². The van der Waals surface area contributed by atoms with E-state index in [1.165, 1.54) is 43.2 Å². The van der Waals surface area contributed by atoms with Gasteiger partial charge < -0.3 is 5.32 Å². The fourth-order valence-corrected chi connectivity index (χ4v) is 3.91. The molecule has 0 spiro atoms. The third kappa shape index (κ3) is 11.0. The van der Waals surface area contributed by atoms with Gasteiger partial charge in [-0.3, -0.25) is 9.79 Å². The van der Waals surface area contributed by atoms with Gasteiger partial charge in [0.1, 0.15) is 0 Å². The molecular formula is C30H50N2O. The lowest BCUT2D eigenvalue weighted by atomic mass is 9.84. The molecule has 1 atom stereocenters. The third-order valence-corrected chi connectivity index (χ3v) is 6.05. The third-order valence-electron chi connectivity index (χ3n) is 6.05. The summed E-state index contributed by atoms with van der Waals surface area (Å²) in [6, 6.07) is 9.11. The first-order valence-electron chi connectivity index (χ1n) is 13.1. The van der Waals surface area contributed by atoms with Crippen LogP contribution in [0.3, 0.4) is 0 Å². The number of hydrogen-bond donors (Lipinski definition) is 1. The number of aliphatic imine (C=N–C) groups is 1. The van der Waals surface area contributed by atoms with Crippen LogP contribution in [0.1, 0.15) is 105 Å². The highest BCUT2D eigenvalue weighted by Crippen LogP contribution is 2.29. The average Bonchev–Trinajstić information content (AvgIpc) is 2.85. The predicted molar refractivity (Wildman–Crippen MR) is 147 cm³/mol. The summed E-state index contributed by atoms with van der Waals surface area (Å²) in [4.78, 5) is 16.7. The van der Waals surface area contributed by atoms with E-state index in [0.717, 1.165) is 29.1 Å². The molecule has 0 amide bonds. The Labute approximate surface area is 204 Å². The number of aryl methyl sites for hydroxylation is 2.